The van der Waals surface area contributed by atoms with E-state index >= 15 is 0 Å². The summed E-state index contributed by atoms with van der Waals surface area (Å²) in [6.45, 7) is 12.2. The van der Waals surface area contributed by atoms with Gasteiger partial charge < -0.3 is 10.1 Å². The van der Waals surface area contributed by atoms with Crippen LogP contribution in [0.15, 0.2) is 5.38 Å². The third-order valence-corrected chi connectivity index (χ3v) is 4.44. The van der Waals surface area contributed by atoms with Crippen LogP contribution in [0.25, 0.3) is 0 Å². The maximum absolute atomic E-state index is 12.6. The van der Waals surface area contributed by atoms with Crippen LogP contribution >= 0.6 is 11.3 Å². The minimum absolute atomic E-state index is 0.0601. The number of hydrogen-bond acceptors (Lipinski definition) is 5. The van der Waals surface area contributed by atoms with Gasteiger partial charge in [-0.05, 0) is 33.6 Å². The summed E-state index contributed by atoms with van der Waals surface area (Å²) in [5, 5.41) is 5.37. The van der Waals surface area contributed by atoms with E-state index in [0.29, 0.717) is 18.1 Å². The fourth-order valence-corrected chi connectivity index (χ4v) is 3.38. The van der Waals surface area contributed by atoms with Gasteiger partial charge in [0.2, 0.25) is 5.91 Å². The highest BCUT2D eigenvalue weighted by molar-refractivity contribution is 7.14. The standard InChI is InChI=1S/C17H27N3O3S/c1-16(2,3)12-10-24-14(18-12)19-13(21)11-8-7-9-20(11)15(22)23-17(4,5)6/h10-11H,7-9H2,1-6H3,(H,18,19,21). The molecular weight excluding hydrogens is 326 g/mol. The van der Waals surface area contributed by atoms with Crippen LogP contribution in [0.1, 0.15) is 60.1 Å². The Kier molecular flexibility index (Phi) is 5.22. The number of hydrogen-bond donors (Lipinski definition) is 1. The Morgan fingerprint density at radius 1 is 1.29 bits per heavy atom. The monoisotopic (exact) mass is 353 g/mol. The Hall–Kier alpha value is -1.63. The van der Waals surface area contributed by atoms with Gasteiger partial charge in [-0.3, -0.25) is 9.69 Å². The summed E-state index contributed by atoms with van der Waals surface area (Å²) in [6.07, 6.45) is 1.00. The minimum atomic E-state index is -0.572. The molecule has 1 aromatic heterocycles. The van der Waals surface area contributed by atoms with Crippen LogP contribution in [0.2, 0.25) is 0 Å². The second-order valence-corrected chi connectivity index (χ2v) is 8.97. The number of likely N-dealkylation sites (tertiary alicyclic amines) is 1. The zero-order valence-corrected chi connectivity index (χ0v) is 16.1. The molecule has 0 aliphatic carbocycles. The molecule has 1 saturated heterocycles. The molecule has 2 rings (SSSR count). The average Bonchev–Trinajstić information content (AvgIpc) is 3.03. The fourth-order valence-electron chi connectivity index (χ4n) is 2.44. The lowest BCUT2D eigenvalue weighted by atomic mass is 9.93. The number of aromatic nitrogens is 1. The van der Waals surface area contributed by atoms with Crippen LogP contribution in [0.4, 0.5) is 9.93 Å². The Balaban J connectivity index is 2.03. The van der Waals surface area contributed by atoms with Crippen molar-refractivity contribution < 1.29 is 14.3 Å². The van der Waals surface area contributed by atoms with Gasteiger partial charge >= 0.3 is 6.09 Å². The van der Waals surface area contributed by atoms with Gasteiger partial charge in [-0.1, -0.05) is 20.8 Å². The normalized spacial score (nSPS) is 18.6. The Labute approximate surface area is 147 Å². The molecule has 0 bridgehead atoms. The first-order chi connectivity index (χ1) is 11.0. The lowest BCUT2D eigenvalue weighted by molar-refractivity contribution is -0.120. The topological polar surface area (TPSA) is 71.5 Å². The fraction of sp³-hybridized carbons (Fsp3) is 0.706. The summed E-state index contributed by atoms with van der Waals surface area (Å²) >= 11 is 1.41. The first-order valence-electron chi connectivity index (χ1n) is 8.24. The molecule has 1 aromatic rings. The maximum atomic E-state index is 12.6. The van der Waals surface area contributed by atoms with Crippen molar-refractivity contribution in [2.45, 2.75) is 71.4 Å². The lowest BCUT2D eigenvalue weighted by Gasteiger charge is -2.27. The molecule has 24 heavy (non-hydrogen) atoms. The minimum Gasteiger partial charge on any atom is -0.444 e. The number of thiazole rings is 1. The molecule has 2 heterocycles. The number of carbonyl (C=O) groups is 2. The van der Waals surface area contributed by atoms with Crippen molar-refractivity contribution in [1.82, 2.24) is 9.88 Å². The van der Waals surface area contributed by atoms with Crippen LogP contribution in [0.5, 0.6) is 0 Å². The molecule has 1 aliphatic heterocycles. The number of amides is 2. The van der Waals surface area contributed by atoms with Crippen molar-refractivity contribution in [1.29, 1.82) is 0 Å². The Morgan fingerprint density at radius 3 is 2.50 bits per heavy atom. The smallest absolute Gasteiger partial charge is 0.410 e. The lowest BCUT2D eigenvalue weighted by Crippen LogP contribution is -2.45. The van der Waals surface area contributed by atoms with E-state index in [1.165, 1.54) is 16.2 Å². The van der Waals surface area contributed by atoms with Crippen molar-refractivity contribution in [3.8, 4) is 0 Å². The highest BCUT2D eigenvalue weighted by atomic mass is 32.1. The third-order valence-electron chi connectivity index (χ3n) is 3.69. The molecule has 6 nitrogen and oxygen atoms in total. The molecular formula is C17H27N3O3S. The zero-order chi connectivity index (χ0) is 18.1. The summed E-state index contributed by atoms with van der Waals surface area (Å²) in [5.74, 6) is -0.201. The molecule has 1 atom stereocenters. The van der Waals surface area contributed by atoms with E-state index in [1.807, 2.05) is 26.2 Å². The molecule has 2 amide bonds. The van der Waals surface area contributed by atoms with E-state index in [-0.39, 0.29) is 11.3 Å². The van der Waals surface area contributed by atoms with Crippen LogP contribution in [0.3, 0.4) is 0 Å². The van der Waals surface area contributed by atoms with Crippen LogP contribution in [0, 0.1) is 0 Å². The van der Waals surface area contributed by atoms with Gasteiger partial charge in [0.15, 0.2) is 5.13 Å². The summed E-state index contributed by atoms with van der Waals surface area (Å²) in [4.78, 5) is 30.8. The third kappa shape index (κ3) is 4.69. The van der Waals surface area contributed by atoms with E-state index < -0.39 is 17.7 Å². The zero-order valence-electron chi connectivity index (χ0n) is 15.3. The highest BCUT2D eigenvalue weighted by Gasteiger charge is 2.37. The Morgan fingerprint density at radius 2 is 1.96 bits per heavy atom. The number of ether oxygens (including phenoxy) is 1. The molecule has 7 heteroatoms. The molecule has 0 spiro atoms. The van der Waals surface area contributed by atoms with Crippen LogP contribution < -0.4 is 5.32 Å². The van der Waals surface area contributed by atoms with E-state index in [4.69, 9.17) is 4.74 Å². The van der Waals surface area contributed by atoms with Crippen molar-refractivity contribution in [3.05, 3.63) is 11.1 Å². The SMILES string of the molecule is CC(C)(C)OC(=O)N1CCCC1C(=O)Nc1nc(C(C)(C)C)cs1. The van der Waals surface area contributed by atoms with E-state index in [1.54, 1.807) is 0 Å². The summed E-state index contributed by atoms with van der Waals surface area (Å²) in [7, 11) is 0. The number of anilines is 1. The molecule has 1 aliphatic rings. The maximum Gasteiger partial charge on any atom is 0.410 e. The quantitative estimate of drug-likeness (QED) is 0.878. The summed E-state index contributed by atoms with van der Waals surface area (Å²) in [6, 6.07) is -0.498. The first kappa shape index (κ1) is 18.7. The molecule has 134 valence electrons. The summed E-state index contributed by atoms with van der Waals surface area (Å²) in [5.41, 5.74) is 0.311. The molecule has 1 fully saturated rings. The largest absolute Gasteiger partial charge is 0.444 e. The molecule has 1 N–H and O–H groups in total. The summed E-state index contributed by atoms with van der Waals surface area (Å²) < 4.78 is 5.40. The van der Waals surface area contributed by atoms with Gasteiger partial charge in [0.05, 0.1) is 5.69 Å². The van der Waals surface area contributed by atoms with Crippen molar-refractivity contribution in [3.63, 3.8) is 0 Å². The number of rotatable bonds is 2. The van der Waals surface area contributed by atoms with Crippen molar-refractivity contribution >= 4 is 28.5 Å². The number of nitrogens with zero attached hydrogens (tertiary/aromatic N) is 2. The second-order valence-electron chi connectivity index (χ2n) is 8.11. The molecule has 0 aromatic carbocycles. The van der Waals surface area contributed by atoms with Crippen LogP contribution in [-0.4, -0.2) is 40.1 Å². The number of carbonyl (C=O) groups excluding carboxylic acids is 2. The van der Waals surface area contributed by atoms with Gasteiger partial charge in [-0.15, -0.1) is 11.3 Å². The van der Waals surface area contributed by atoms with E-state index in [2.05, 4.69) is 31.1 Å². The van der Waals surface area contributed by atoms with Gasteiger partial charge in [0, 0.05) is 17.3 Å². The van der Waals surface area contributed by atoms with Gasteiger partial charge in [-0.2, -0.15) is 0 Å². The predicted molar refractivity (Wildman–Crippen MR) is 95.4 cm³/mol. The molecule has 1 unspecified atom stereocenters. The van der Waals surface area contributed by atoms with Gasteiger partial charge in [0.1, 0.15) is 11.6 Å². The predicted octanol–water partition coefficient (Wildman–Crippen LogP) is 3.78. The van der Waals surface area contributed by atoms with E-state index in [9.17, 15) is 9.59 Å². The first-order valence-corrected chi connectivity index (χ1v) is 9.12. The van der Waals surface area contributed by atoms with Crippen LogP contribution in [-0.2, 0) is 14.9 Å². The van der Waals surface area contributed by atoms with E-state index in [0.717, 1.165) is 12.1 Å². The van der Waals surface area contributed by atoms with Gasteiger partial charge in [-0.25, -0.2) is 9.78 Å². The second kappa shape index (κ2) is 6.70. The molecule has 0 saturated carbocycles. The number of nitrogens with one attached hydrogen (secondary N) is 1. The Bertz CT molecular complexity index is 613. The highest BCUT2D eigenvalue weighted by Crippen LogP contribution is 2.27. The molecule has 0 radical (unpaired) electrons. The average molecular weight is 353 g/mol. The van der Waals surface area contributed by atoms with Crippen molar-refractivity contribution in [2.75, 3.05) is 11.9 Å². The van der Waals surface area contributed by atoms with Gasteiger partial charge in [0.25, 0.3) is 0 Å². The van der Waals surface area contributed by atoms with Crippen molar-refractivity contribution in [2.24, 2.45) is 0 Å².